The molecule has 6 nitrogen and oxygen atoms in total. The minimum atomic E-state index is 0.213. The van der Waals surface area contributed by atoms with Crippen molar-refractivity contribution < 1.29 is 14.0 Å². The van der Waals surface area contributed by atoms with E-state index in [1.165, 1.54) is 0 Å². The molecule has 0 fully saturated rings. The van der Waals surface area contributed by atoms with Gasteiger partial charge < -0.3 is 19.7 Å². The average Bonchev–Trinajstić information content (AvgIpc) is 2.87. The zero-order chi connectivity index (χ0) is 13.1. The van der Waals surface area contributed by atoms with Gasteiger partial charge in [-0.05, 0) is 19.1 Å². The molecule has 2 aromatic rings. The van der Waals surface area contributed by atoms with E-state index in [1.807, 2.05) is 19.1 Å². The maximum Gasteiger partial charge on any atom is 0.240 e. The van der Waals surface area contributed by atoms with Crippen molar-refractivity contribution >= 4 is 0 Å². The van der Waals surface area contributed by atoms with Crippen LogP contribution in [0.4, 0.5) is 0 Å². The van der Waals surface area contributed by atoms with Gasteiger partial charge in [-0.1, -0.05) is 5.16 Å². The summed E-state index contributed by atoms with van der Waals surface area (Å²) in [6.07, 6.45) is 0. The quantitative estimate of drug-likeness (QED) is 0.884. The van der Waals surface area contributed by atoms with Crippen molar-refractivity contribution in [1.29, 1.82) is 0 Å². The SMILES string of the molecule is COc1ccc(-c2noc(CN)n2)c(OC)c1C. The van der Waals surface area contributed by atoms with Crippen LogP contribution < -0.4 is 15.2 Å². The second-order valence-electron chi connectivity index (χ2n) is 3.69. The molecule has 0 spiro atoms. The first kappa shape index (κ1) is 12.4. The molecule has 0 aliphatic carbocycles. The van der Waals surface area contributed by atoms with Crippen LogP contribution in [-0.2, 0) is 6.54 Å². The first-order chi connectivity index (χ1) is 8.71. The van der Waals surface area contributed by atoms with Crippen molar-refractivity contribution in [3.63, 3.8) is 0 Å². The number of rotatable bonds is 4. The second kappa shape index (κ2) is 5.05. The van der Waals surface area contributed by atoms with Crippen LogP contribution in [0, 0.1) is 6.92 Å². The Labute approximate surface area is 105 Å². The van der Waals surface area contributed by atoms with E-state index in [0.29, 0.717) is 17.5 Å². The lowest BCUT2D eigenvalue weighted by Gasteiger charge is -2.12. The van der Waals surface area contributed by atoms with Gasteiger partial charge in [-0.3, -0.25) is 0 Å². The molecule has 0 atom stereocenters. The second-order valence-corrected chi connectivity index (χ2v) is 3.69. The Hall–Kier alpha value is -2.08. The Morgan fingerprint density at radius 3 is 2.61 bits per heavy atom. The van der Waals surface area contributed by atoms with E-state index in [9.17, 15) is 0 Å². The maximum absolute atomic E-state index is 5.44. The molecule has 0 saturated carbocycles. The van der Waals surface area contributed by atoms with Crippen molar-refractivity contribution in [2.24, 2.45) is 5.73 Å². The molecular weight excluding hydrogens is 234 g/mol. The molecule has 0 unspecified atom stereocenters. The van der Waals surface area contributed by atoms with E-state index in [1.54, 1.807) is 14.2 Å². The molecule has 1 aromatic carbocycles. The van der Waals surface area contributed by atoms with Crippen LogP contribution in [0.3, 0.4) is 0 Å². The highest BCUT2D eigenvalue weighted by molar-refractivity contribution is 5.68. The fourth-order valence-electron chi connectivity index (χ4n) is 1.78. The van der Waals surface area contributed by atoms with Crippen molar-refractivity contribution in [3.05, 3.63) is 23.6 Å². The Morgan fingerprint density at radius 2 is 2.06 bits per heavy atom. The molecule has 0 bridgehead atoms. The number of benzene rings is 1. The Morgan fingerprint density at radius 1 is 1.28 bits per heavy atom. The lowest BCUT2D eigenvalue weighted by Crippen LogP contribution is -1.97. The fourth-order valence-corrected chi connectivity index (χ4v) is 1.78. The summed E-state index contributed by atoms with van der Waals surface area (Å²) in [6.45, 7) is 2.12. The summed E-state index contributed by atoms with van der Waals surface area (Å²) in [5, 5.41) is 3.88. The molecule has 0 aliphatic heterocycles. The van der Waals surface area contributed by atoms with E-state index >= 15 is 0 Å². The van der Waals surface area contributed by atoms with Gasteiger partial charge in [0.15, 0.2) is 0 Å². The average molecular weight is 249 g/mol. The Bertz CT molecular complexity index is 551. The standard InChI is InChI=1S/C12H15N3O3/c1-7-9(16-2)5-4-8(11(7)17-3)12-14-10(6-13)18-15-12/h4-5H,6,13H2,1-3H3. The van der Waals surface area contributed by atoms with Gasteiger partial charge in [0.1, 0.15) is 11.5 Å². The minimum absolute atomic E-state index is 0.213. The highest BCUT2D eigenvalue weighted by Gasteiger charge is 2.17. The van der Waals surface area contributed by atoms with Crippen LogP contribution in [0.2, 0.25) is 0 Å². The molecule has 2 rings (SSSR count). The molecule has 1 aromatic heterocycles. The summed E-state index contributed by atoms with van der Waals surface area (Å²) in [5.41, 5.74) is 7.07. The normalized spacial score (nSPS) is 10.4. The van der Waals surface area contributed by atoms with Crippen molar-refractivity contribution in [2.75, 3.05) is 14.2 Å². The van der Waals surface area contributed by atoms with Crippen LogP contribution in [0.1, 0.15) is 11.5 Å². The summed E-state index contributed by atoms with van der Waals surface area (Å²) in [4.78, 5) is 4.18. The van der Waals surface area contributed by atoms with Gasteiger partial charge >= 0.3 is 0 Å². The molecule has 0 aliphatic rings. The fraction of sp³-hybridized carbons (Fsp3) is 0.333. The van der Waals surface area contributed by atoms with Crippen LogP contribution in [-0.4, -0.2) is 24.4 Å². The predicted octanol–water partition coefficient (Wildman–Crippen LogP) is 1.52. The van der Waals surface area contributed by atoms with Crippen LogP contribution in [0.15, 0.2) is 16.7 Å². The minimum Gasteiger partial charge on any atom is -0.496 e. The van der Waals surface area contributed by atoms with Gasteiger partial charge in [-0.25, -0.2) is 0 Å². The first-order valence-corrected chi connectivity index (χ1v) is 5.45. The Balaban J connectivity index is 2.53. The van der Waals surface area contributed by atoms with Crippen LogP contribution in [0.5, 0.6) is 11.5 Å². The lowest BCUT2D eigenvalue weighted by molar-refractivity contribution is 0.378. The third-order valence-electron chi connectivity index (χ3n) is 2.66. The zero-order valence-electron chi connectivity index (χ0n) is 10.6. The number of ether oxygens (including phenoxy) is 2. The van der Waals surface area contributed by atoms with Crippen molar-refractivity contribution in [3.8, 4) is 22.9 Å². The van der Waals surface area contributed by atoms with E-state index in [-0.39, 0.29) is 6.54 Å². The molecule has 0 saturated heterocycles. The summed E-state index contributed by atoms with van der Waals surface area (Å²) >= 11 is 0. The van der Waals surface area contributed by atoms with Crippen molar-refractivity contribution in [2.45, 2.75) is 13.5 Å². The van der Waals surface area contributed by atoms with Gasteiger partial charge in [0.05, 0.1) is 26.3 Å². The highest BCUT2D eigenvalue weighted by Crippen LogP contribution is 2.36. The lowest BCUT2D eigenvalue weighted by atomic mass is 10.1. The molecule has 18 heavy (non-hydrogen) atoms. The smallest absolute Gasteiger partial charge is 0.240 e. The molecule has 0 radical (unpaired) electrons. The zero-order valence-corrected chi connectivity index (χ0v) is 10.6. The van der Waals surface area contributed by atoms with Gasteiger partial charge in [0.2, 0.25) is 11.7 Å². The number of hydrogen-bond acceptors (Lipinski definition) is 6. The Kier molecular flexibility index (Phi) is 3.47. The van der Waals surface area contributed by atoms with E-state index < -0.39 is 0 Å². The van der Waals surface area contributed by atoms with Gasteiger partial charge in [0, 0.05) is 5.56 Å². The molecular formula is C12H15N3O3. The van der Waals surface area contributed by atoms with E-state index in [0.717, 1.165) is 16.9 Å². The first-order valence-electron chi connectivity index (χ1n) is 5.45. The van der Waals surface area contributed by atoms with E-state index in [2.05, 4.69) is 10.1 Å². The topological polar surface area (TPSA) is 83.4 Å². The molecule has 2 N–H and O–H groups in total. The number of methoxy groups -OCH3 is 2. The van der Waals surface area contributed by atoms with Crippen LogP contribution in [0.25, 0.3) is 11.4 Å². The summed E-state index contributed by atoms with van der Waals surface area (Å²) in [5.74, 6) is 2.26. The maximum atomic E-state index is 5.44. The number of aromatic nitrogens is 2. The summed E-state index contributed by atoms with van der Waals surface area (Å²) in [7, 11) is 3.21. The largest absolute Gasteiger partial charge is 0.496 e. The molecule has 0 amide bonds. The van der Waals surface area contributed by atoms with Gasteiger partial charge in [-0.15, -0.1) is 0 Å². The predicted molar refractivity (Wildman–Crippen MR) is 65.5 cm³/mol. The van der Waals surface area contributed by atoms with E-state index in [4.69, 9.17) is 19.7 Å². The highest BCUT2D eigenvalue weighted by atomic mass is 16.5. The van der Waals surface area contributed by atoms with Crippen LogP contribution >= 0.6 is 0 Å². The number of nitrogens with zero attached hydrogens (tertiary/aromatic N) is 2. The molecule has 1 heterocycles. The molecule has 6 heteroatoms. The number of nitrogens with two attached hydrogens (primary N) is 1. The van der Waals surface area contributed by atoms with Gasteiger partial charge in [-0.2, -0.15) is 4.98 Å². The van der Waals surface area contributed by atoms with Crippen molar-refractivity contribution in [1.82, 2.24) is 10.1 Å². The third kappa shape index (κ3) is 2.02. The summed E-state index contributed by atoms with van der Waals surface area (Å²) in [6, 6.07) is 3.67. The number of hydrogen-bond donors (Lipinski definition) is 1. The summed E-state index contributed by atoms with van der Waals surface area (Å²) < 4.78 is 15.6. The van der Waals surface area contributed by atoms with Gasteiger partial charge in [0.25, 0.3) is 0 Å². The third-order valence-corrected chi connectivity index (χ3v) is 2.66. The molecule has 96 valence electrons. The monoisotopic (exact) mass is 249 g/mol.